The van der Waals surface area contributed by atoms with Gasteiger partial charge in [0, 0.05) is 37.5 Å². The van der Waals surface area contributed by atoms with Crippen molar-refractivity contribution in [2.24, 2.45) is 11.8 Å². The third kappa shape index (κ3) is 4.93. The van der Waals surface area contributed by atoms with E-state index in [-0.39, 0.29) is 42.2 Å². The van der Waals surface area contributed by atoms with E-state index in [4.69, 9.17) is 0 Å². The number of aliphatic hydroxyl groups is 1. The van der Waals surface area contributed by atoms with Gasteiger partial charge in [-0.25, -0.2) is 0 Å². The first kappa shape index (κ1) is 28.4. The number of carbonyl (C=O) groups is 3. The Hall–Kier alpha value is -2.58. The van der Waals surface area contributed by atoms with Crippen LogP contribution >= 0.6 is 11.8 Å². The molecule has 0 aliphatic carbocycles. The fourth-order valence-corrected chi connectivity index (χ4v) is 9.03. The lowest BCUT2D eigenvalue weighted by Gasteiger charge is -2.39. The quantitative estimate of drug-likeness (QED) is 0.388. The van der Waals surface area contributed by atoms with Gasteiger partial charge in [-0.2, -0.15) is 0 Å². The van der Waals surface area contributed by atoms with Crippen LogP contribution < -0.4 is 0 Å². The number of benzene rings is 1. The zero-order valence-corrected chi connectivity index (χ0v) is 23.4. The lowest BCUT2D eigenvalue weighted by molar-refractivity contribution is -0.145. The van der Waals surface area contributed by atoms with E-state index in [2.05, 4.69) is 20.1 Å². The van der Waals surface area contributed by atoms with Crippen LogP contribution in [0.25, 0.3) is 0 Å². The summed E-state index contributed by atoms with van der Waals surface area (Å²) < 4.78 is -0.660. The Morgan fingerprint density at radius 1 is 1.21 bits per heavy atom. The highest BCUT2D eigenvalue weighted by atomic mass is 32.2. The molecule has 1 aromatic carbocycles. The first-order valence-corrected chi connectivity index (χ1v) is 14.7. The van der Waals surface area contributed by atoms with Gasteiger partial charge in [-0.05, 0) is 31.7 Å². The van der Waals surface area contributed by atoms with Gasteiger partial charge in [0.1, 0.15) is 6.04 Å². The number of likely N-dealkylation sites (tertiary alicyclic amines) is 1. The highest BCUT2D eigenvalue weighted by molar-refractivity contribution is 8.02. The molecule has 1 N–H and O–H groups in total. The minimum atomic E-state index is -0.693. The van der Waals surface area contributed by atoms with Crippen molar-refractivity contribution in [3.05, 3.63) is 61.2 Å². The van der Waals surface area contributed by atoms with Gasteiger partial charge in [0.25, 0.3) is 0 Å². The Balaban J connectivity index is 1.69. The van der Waals surface area contributed by atoms with Crippen LogP contribution in [0.3, 0.4) is 0 Å². The van der Waals surface area contributed by atoms with E-state index < -0.39 is 22.6 Å². The van der Waals surface area contributed by atoms with Crippen LogP contribution in [0, 0.1) is 11.8 Å². The molecule has 0 radical (unpaired) electrons. The summed E-state index contributed by atoms with van der Waals surface area (Å²) in [5.41, 5.74) is 1.02. The Morgan fingerprint density at radius 3 is 2.55 bits per heavy atom. The summed E-state index contributed by atoms with van der Waals surface area (Å²) in [4.78, 5) is 47.6. The monoisotopic (exact) mass is 539 g/mol. The van der Waals surface area contributed by atoms with Crippen molar-refractivity contribution in [3.8, 4) is 0 Å². The molecule has 3 amide bonds. The third-order valence-electron chi connectivity index (χ3n) is 8.38. The molecule has 3 aliphatic rings. The maximum absolute atomic E-state index is 14.2. The Bertz CT molecular complexity index is 1050. The summed E-state index contributed by atoms with van der Waals surface area (Å²) >= 11 is 1.67. The summed E-state index contributed by atoms with van der Waals surface area (Å²) in [5.74, 6) is -1.39. The van der Waals surface area contributed by atoms with Gasteiger partial charge < -0.3 is 19.8 Å². The summed E-state index contributed by atoms with van der Waals surface area (Å²) in [7, 11) is 0. The molecule has 3 heterocycles. The number of β-amino-alcohol motifs (C(OH)–C–C–N with tert-alkyl or cyclic N) is 1. The number of aliphatic hydroxyl groups excluding tert-OH is 1. The van der Waals surface area contributed by atoms with Gasteiger partial charge in [-0.15, -0.1) is 24.9 Å². The van der Waals surface area contributed by atoms with Gasteiger partial charge in [0.2, 0.25) is 17.7 Å². The van der Waals surface area contributed by atoms with Gasteiger partial charge in [0.15, 0.2) is 0 Å². The fourth-order valence-electron chi connectivity index (χ4n) is 6.82. The van der Waals surface area contributed by atoms with Crippen molar-refractivity contribution in [1.29, 1.82) is 0 Å². The first-order valence-electron chi connectivity index (χ1n) is 13.8. The van der Waals surface area contributed by atoms with Gasteiger partial charge >= 0.3 is 0 Å². The largest absolute Gasteiger partial charge is 0.395 e. The van der Waals surface area contributed by atoms with E-state index in [1.165, 1.54) is 0 Å². The second-order valence-corrected chi connectivity index (χ2v) is 12.3. The summed E-state index contributed by atoms with van der Waals surface area (Å²) in [6, 6.07) is 9.14. The van der Waals surface area contributed by atoms with Crippen LogP contribution in [0.15, 0.2) is 55.6 Å². The molecule has 7 nitrogen and oxygen atoms in total. The summed E-state index contributed by atoms with van der Waals surface area (Å²) in [5, 5.41) is 9.87. The standard InChI is InChI=1S/C30H41N3O4S/c1-5-11-21(4)32(17-7-3)29(37)26-30-15-14-23(38-30)24(25(30)28(36)33(26)18-19-34)27(35)31(16-6-2)20-22-12-9-8-10-13-22/h6-10,12-13,21,23-26,34H,2-3,5,11,14-20H2,1,4H3/t21?,23-,24+,25+,26?,30?/m1/s1. The number of rotatable bonds is 13. The summed E-state index contributed by atoms with van der Waals surface area (Å²) in [6.45, 7) is 12.9. The zero-order valence-electron chi connectivity index (χ0n) is 22.6. The number of amides is 3. The summed E-state index contributed by atoms with van der Waals surface area (Å²) in [6.07, 6.45) is 6.75. The lowest BCUT2D eigenvalue weighted by atomic mass is 9.70. The molecule has 3 fully saturated rings. The second kappa shape index (κ2) is 12.1. The molecule has 1 spiro atoms. The minimum absolute atomic E-state index is 0.00187. The lowest BCUT2D eigenvalue weighted by Crippen LogP contribution is -2.56. The molecule has 0 saturated carbocycles. The van der Waals surface area contributed by atoms with Crippen molar-refractivity contribution in [2.45, 2.75) is 68.2 Å². The number of fused-ring (bicyclic) bond motifs is 1. The Labute approximate surface area is 230 Å². The van der Waals surface area contributed by atoms with Crippen LogP contribution in [0.2, 0.25) is 0 Å². The topological polar surface area (TPSA) is 81.2 Å². The first-order chi connectivity index (χ1) is 18.3. The van der Waals surface area contributed by atoms with E-state index in [0.717, 1.165) is 24.8 Å². The highest BCUT2D eigenvalue weighted by Crippen LogP contribution is 2.66. The van der Waals surface area contributed by atoms with Crippen molar-refractivity contribution in [1.82, 2.24) is 14.7 Å². The minimum Gasteiger partial charge on any atom is -0.395 e. The van der Waals surface area contributed by atoms with Crippen molar-refractivity contribution >= 4 is 29.5 Å². The van der Waals surface area contributed by atoms with Crippen LogP contribution in [-0.2, 0) is 20.9 Å². The molecule has 2 bridgehead atoms. The second-order valence-electron chi connectivity index (χ2n) is 10.7. The average molecular weight is 540 g/mol. The Morgan fingerprint density at radius 2 is 1.92 bits per heavy atom. The molecule has 4 rings (SSSR count). The van der Waals surface area contributed by atoms with Crippen LogP contribution in [-0.4, -0.2) is 85.8 Å². The maximum atomic E-state index is 14.2. The van der Waals surface area contributed by atoms with E-state index in [0.29, 0.717) is 26.1 Å². The SMILES string of the molecule is C=CCN(Cc1ccccc1)C(=O)[C@@H]1[C@H]2C(=O)N(CCO)C(C(=O)N(CC=C)C(C)CCC)C23CC[C@H]1S3. The molecule has 1 aromatic rings. The third-order valence-corrected chi connectivity index (χ3v) is 10.3. The normalized spacial score (nSPS) is 28.2. The molecule has 3 aliphatic heterocycles. The number of hydrogen-bond acceptors (Lipinski definition) is 5. The fraction of sp³-hybridized carbons (Fsp3) is 0.567. The highest BCUT2D eigenvalue weighted by Gasteiger charge is 2.74. The van der Waals surface area contributed by atoms with Crippen LogP contribution in [0.5, 0.6) is 0 Å². The molecule has 6 atom stereocenters. The predicted octanol–water partition coefficient (Wildman–Crippen LogP) is 3.49. The number of thioether (sulfide) groups is 1. The van der Waals surface area contributed by atoms with Crippen LogP contribution in [0.4, 0.5) is 0 Å². The molecule has 0 aromatic heterocycles. The van der Waals surface area contributed by atoms with Gasteiger partial charge in [-0.1, -0.05) is 55.8 Å². The Kier molecular flexibility index (Phi) is 9.04. The smallest absolute Gasteiger partial charge is 0.247 e. The van der Waals surface area contributed by atoms with Crippen molar-refractivity contribution < 1.29 is 19.5 Å². The van der Waals surface area contributed by atoms with Crippen molar-refractivity contribution in [2.75, 3.05) is 26.2 Å². The van der Waals surface area contributed by atoms with E-state index in [1.54, 1.807) is 33.7 Å². The number of nitrogens with zero attached hydrogens (tertiary/aromatic N) is 3. The van der Waals surface area contributed by atoms with Crippen LogP contribution in [0.1, 0.15) is 45.1 Å². The molecule has 206 valence electrons. The zero-order chi connectivity index (χ0) is 27.4. The van der Waals surface area contributed by atoms with E-state index >= 15 is 0 Å². The van der Waals surface area contributed by atoms with Crippen molar-refractivity contribution in [3.63, 3.8) is 0 Å². The number of carbonyl (C=O) groups excluding carboxylic acids is 3. The van der Waals surface area contributed by atoms with E-state index in [1.807, 2.05) is 42.2 Å². The molecular weight excluding hydrogens is 498 g/mol. The average Bonchev–Trinajstić information content (AvgIpc) is 3.55. The molecule has 8 heteroatoms. The maximum Gasteiger partial charge on any atom is 0.247 e. The van der Waals surface area contributed by atoms with Gasteiger partial charge in [0.05, 0.1) is 23.2 Å². The molecule has 3 saturated heterocycles. The molecule has 3 unspecified atom stereocenters. The molecule has 38 heavy (non-hydrogen) atoms. The van der Waals surface area contributed by atoms with Gasteiger partial charge in [-0.3, -0.25) is 14.4 Å². The number of hydrogen-bond donors (Lipinski definition) is 1. The van der Waals surface area contributed by atoms with E-state index in [9.17, 15) is 19.5 Å². The predicted molar refractivity (Wildman–Crippen MR) is 151 cm³/mol. The molecular formula is C30H41N3O4S.